The maximum Gasteiger partial charge on any atom is 0.129 e. The van der Waals surface area contributed by atoms with Crippen molar-refractivity contribution in [1.82, 2.24) is 0 Å². The van der Waals surface area contributed by atoms with E-state index in [0.717, 1.165) is 27.8 Å². The Morgan fingerprint density at radius 2 is 1.95 bits per heavy atom. The van der Waals surface area contributed by atoms with Gasteiger partial charge >= 0.3 is 0 Å². The van der Waals surface area contributed by atoms with Gasteiger partial charge in [0.25, 0.3) is 0 Å². The summed E-state index contributed by atoms with van der Waals surface area (Å²) in [6, 6.07) is 7.15. The number of hydrogen-bond donors (Lipinski definition) is 1. The smallest absolute Gasteiger partial charge is 0.129 e. The van der Waals surface area contributed by atoms with Crippen LogP contribution in [-0.4, -0.2) is 6.61 Å². The Morgan fingerprint density at radius 1 is 1.24 bits per heavy atom. The summed E-state index contributed by atoms with van der Waals surface area (Å²) in [6.45, 7) is 0.611. The summed E-state index contributed by atoms with van der Waals surface area (Å²) >= 11 is 3.44. The lowest BCUT2D eigenvalue weighted by molar-refractivity contribution is 0.350. The van der Waals surface area contributed by atoms with Crippen molar-refractivity contribution in [2.24, 2.45) is 5.73 Å². The zero-order valence-corrected chi connectivity index (χ0v) is 12.8. The quantitative estimate of drug-likeness (QED) is 0.907. The summed E-state index contributed by atoms with van der Waals surface area (Å²) in [5, 5.41) is 0. The highest BCUT2D eigenvalue weighted by Crippen LogP contribution is 2.37. The van der Waals surface area contributed by atoms with Crippen molar-refractivity contribution in [3.05, 3.63) is 63.1 Å². The minimum atomic E-state index is -0.571. The summed E-state index contributed by atoms with van der Waals surface area (Å²) in [5.74, 6) is -0.390. The molecule has 1 heterocycles. The molecule has 0 amide bonds. The Balaban J connectivity index is 1.95. The van der Waals surface area contributed by atoms with Gasteiger partial charge in [0.2, 0.25) is 0 Å². The minimum Gasteiger partial charge on any atom is -0.493 e. The fourth-order valence-electron chi connectivity index (χ4n) is 2.63. The van der Waals surface area contributed by atoms with E-state index in [-0.39, 0.29) is 12.0 Å². The summed E-state index contributed by atoms with van der Waals surface area (Å²) in [7, 11) is 0. The summed E-state index contributed by atoms with van der Waals surface area (Å²) in [4.78, 5) is 0. The average molecular weight is 354 g/mol. The molecule has 2 nitrogen and oxygen atoms in total. The van der Waals surface area contributed by atoms with E-state index in [1.807, 2.05) is 12.1 Å². The van der Waals surface area contributed by atoms with Crippen LogP contribution in [0, 0.1) is 11.6 Å². The van der Waals surface area contributed by atoms with Gasteiger partial charge in [-0.1, -0.05) is 22.0 Å². The summed E-state index contributed by atoms with van der Waals surface area (Å²) < 4.78 is 34.0. The molecule has 0 aromatic heterocycles. The SMILES string of the molecule is NC(Cc1c(F)cccc1F)c1cc(Br)cc2c1OCC2. The molecule has 1 unspecified atom stereocenters. The monoisotopic (exact) mass is 353 g/mol. The number of hydrogen-bond acceptors (Lipinski definition) is 2. The molecule has 0 saturated carbocycles. The number of halogens is 3. The van der Waals surface area contributed by atoms with Gasteiger partial charge in [0.1, 0.15) is 17.4 Å². The van der Waals surface area contributed by atoms with Gasteiger partial charge in [0.15, 0.2) is 0 Å². The first-order valence-corrected chi connectivity index (χ1v) is 7.49. The molecule has 21 heavy (non-hydrogen) atoms. The molecule has 5 heteroatoms. The summed E-state index contributed by atoms with van der Waals surface area (Å²) in [6.07, 6.45) is 0.910. The molecule has 2 aromatic rings. The third-order valence-electron chi connectivity index (χ3n) is 3.66. The molecule has 2 aromatic carbocycles. The number of rotatable bonds is 3. The van der Waals surface area contributed by atoms with Crippen molar-refractivity contribution in [3.63, 3.8) is 0 Å². The standard InChI is InChI=1S/C16H14BrF2NO/c17-10-6-9-4-5-21-16(9)12(7-10)15(20)8-11-13(18)2-1-3-14(11)19/h1-3,6-7,15H,4-5,8,20H2. The Hall–Kier alpha value is -1.46. The third kappa shape index (κ3) is 2.80. The van der Waals surface area contributed by atoms with Crippen LogP contribution in [0.1, 0.15) is 22.7 Å². The molecule has 0 saturated heterocycles. The highest BCUT2D eigenvalue weighted by atomic mass is 79.9. The molecular formula is C16H14BrF2NO. The Bertz CT molecular complexity index is 670. The van der Waals surface area contributed by atoms with Crippen LogP contribution in [0.5, 0.6) is 5.75 Å². The highest BCUT2D eigenvalue weighted by molar-refractivity contribution is 9.10. The number of ether oxygens (including phenoxy) is 1. The van der Waals surface area contributed by atoms with E-state index in [1.54, 1.807) is 0 Å². The molecular weight excluding hydrogens is 340 g/mol. The molecule has 0 radical (unpaired) electrons. The zero-order chi connectivity index (χ0) is 15.0. The van der Waals surface area contributed by atoms with Crippen LogP contribution >= 0.6 is 15.9 Å². The predicted molar refractivity (Wildman–Crippen MR) is 80.3 cm³/mol. The van der Waals surface area contributed by atoms with Crippen LogP contribution in [-0.2, 0) is 12.8 Å². The van der Waals surface area contributed by atoms with E-state index in [0.29, 0.717) is 6.61 Å². The van der Waals surface area contributed by atoms with E-state index in [9.17, 15) is 8.78 Å². The van der Waals surface area contributed by atoms with E-state index in [4.69, 9.17) is 10.5 Å². The first-order chi connectivity index (χ1) is 10.1. The largest absolute Gasteiger partial charge is 0.493 e. The molecule has 1 aliphatic rings. The van der Waals surface area contributed by atoms with Crippen molar-refractivity contribution in [2.75, 3.05) is 6.61 Å². The number of nitrogens with two attached hydrogens (primary N) is 1. The van der Waals surface area contributed by atoms with Gasteiger partial charge < -0.3 is 10.5 Å². The van der Waals surface area contributed by atoms with Gasteiger partial charge in [-0.2, -0.15) is 0 Å². The average Bonchev–Trinajstić information content (AvgIpc) is 2.90. The van der Waals surface area contributed by atoms with E-state index in [2.05, 4.69) is 15.9 Å². The fraction of sp³-hybridized carbons (Fsp3) is 0.250. The maximum atomic E-state index is 13.7. The summed E-state index contributed by atoms with van der Waals surface area (Å²) in [5.41, 5.74) is 8.03. The van der Waals surface area contributed by atoms with Crippen LogP contribution in [0.4, 0.5) is 8.78 Å². The van der Waals surface area contributed by atoms with Crippen molar-refractivity contribution in [2.45, 2.75) is 18.9 Å². The predicted octanol–water partition coefficient (Wildman–Crippen LogP) is 3.90. The van der Waals surface area contributed by atoms with Crippen LogP contribution in [0.15, 0.2) is 34.8 Å². The first kappa shape index (κ1) is 14.5. The van der Waals surface area contributed by atoms with Gasteiger partial charge in [-0.3, -0.25) is 0 Å². The third-order valence-corrected chi connectivity index (χ3v) is 4.12. The number of fused-ring (bicyclic) bond motifs is 1. The van der Waals surface area contributed by atoms with Gasteiger partial charge in [-0.25, -0.2) is 8.78 Å². The van der Waals surface area contributed by atoms with E-state index in [1.165, 1.54) is 18.2 Å². The lowest BCUT2D eigenvalue weighted by atomic mass is 9.96. The minimum absolute atomic E-state index is 0.0109. The van der Waals surface area contributed by atoms with Crippen molar-refractivity contribution in [1.29, 1.82) is 0 Å². The van der Waals surface area contributed by atoms with Gasteiger partial charge in [-0.15, -0.1) is 0 Å². The molecule has 2 N–H and O–H groups in total. The molecule has 0 fully saturated rings. The lowest BCUT2D eigenvalue weighted by Gasteiger charge is -2.17. The van der Waals surface area contributed by atoms with Gasteiger partial charge in [0, 0.05) is 28.1 Å². The van der Waals surface area contributed by atoms with E-state index >= 15 is 0 Å². The maximum absolute atomic E-state index is 13.7. The Labute approximate surface area is 130 Å². The zero-order valence-electron chi connectivity index (χ0n) is 11.2. The molecule has 1 atom stereocenters. The first-order valence-electron chi connectivity index (χ1n) is 6.70. The van der Waals surface area contributed by atoms with Crippen molar-refractivity contribution < 1.29 is 13.5 Å². The molecule has 3 rings (SSSR count). The van der Waals surface area contributed by atoms with Crippen LogP contribution in [0.3, 0.4) is 0 Å². The van der Waals surface area contributed by atoms with E-state index < -0.39 is 17.7 Å². The van der Waals surface area contributed by atoms with Crippen LogP contribution < -0.4 is 10.5 Å². The highest BCUT2D eigenvalue weighted by Gasteiger charge is 2.23. The molecule has 0 bridgehead atoms. The van der Waals surface area contributed by atoms with Gasteiger partial charge in [0.05, 0.1) is 6.61 Å². The van der Waals surface area contributed by atoms with Crippen molar-refractivity contribution in [3.8, 4) is 5.75 Å². The Morgan fingerprint density at radius 3 is 2.67 bits per heavy atom. The second-order valence-electron chi connectivity index (χ2n) is 5.09. The molecule has 1 aliphatic heterocycles. The second kappa shape index (κ2) is 5.73. The molecule has 0 spiro atoms. The van der Waals surface area contributed by atoms with Gasteiger partial charge in [-0.05, 0) is 36.2 Å². The lowest BCUT2D eigenvalue weighted by Crippen LogP contribution is -2.16. The van der Waals surface area contributed by atoms with Crippen molar-refractivity contribution >= 4 is 15.9 Å². The van der Waals surface area contributed by atoms with Crippen LogP contribution in [0.25, 0.3) is 0 Å². The topological polar surface area (TPSA) is 35.2 Å². The number of benzene rings is 2. The molecule has 0 aliphatic carbocycles. The normalized spacial score (nSPS) is 14.7. The second-order valence-corrected chi connectivity index (χ2v) is 6.01. The molecule has 110 valence electrons. The van der Waals surface area contributed by atoms with Crippen LogP contribution in [0.2, 0.25) is 0 Å². The Kier molecular flexibility index (Phi) is 3.95. The fourth-order valence-corrected chi connectivity index (χ4v) is 3.15.